The molecule has 0 fully saturated rings. The number of aliphatic hydroxyl groups excluding tert-OH is 2. The number of nitrogens with one attached hydrogen (secondary N) is 2. The summed E-state index contributed by atoms with van der Waals surface area (Å²) in [5, 5.41) is 22.4. The molecule has 1 aliphatic rings. The highest BCUT2D eigenvalue weighted by Crippen LogP contribution is 2.39. The maximum atomic E-state index is 12.8. The van der Waals surface area contributed by atoms with Gasteiger partial charge < -0.3 is 25.4 Å². The second kappa shape index (κ2) is 8.80. The second-order valence-electron chi connectivity index (χ2n) is 7.57. The number of rotatable bonds is 6. The van der Waals surface area contributed by atoms with Crippen LogP contribution in [0.1, 0.15) is 22.9 Å². The fourth-order valence-corrected chi connectivity index (χ4v) is 5.64. The lowest BCUT2D eigenvalue weighted by Gasteiger charge is -2.32. The van der Waals surface area contributed by atoms with Crippen molar-refractivity contribution in [2.45, 2.75) is 31.0 Å². The highest BCUT2D eigenvalue weighted by molar-refractivity contribution is 7.23. The number of carbonyl (C=O) groups is 2. The van der Waals surface area contributed by atoms with Gasteiger partial charge in [-0.1, -0.05) is 47.5 Å². The van der Waals surface area contributed by atoms with Gasteiger partial charge in [-0.3, -0.25) is 9.59 Å². The van der Waals surface area contributed by atoms with Gasteiger partial charge in [0.15, 0.2) is 6.10 Å². The smallest absolute Gasteiger partial charge is 0.254 e. The zero-order chi connectivity index (χ0) is 22.3. The van der Waals surface area contributed by atoms with Gasteiger partial charge in [0.05, 0.1) is 40.4 Å². The Bertz CT molecular complexity index is 1150. The van der Waals surface area contributed by atoms with Gasteiger partial charge in [-0.05, 0) is 23.6 Å². The number of aromatic amines is 1. The molecule has 4 rings (SSSR count). The van der Waals surface area contributed by atoms with Gasteiger partial charge in [0.25, 0.3) is 5.91 Å². The van der Waals surface area contributed by atoms with Gasteiger partial charge >= 0.3 is 0 Å². The lowest BCUT2D eigenvalue weighted by atomic mass is 10.0. The molecular weight excluding hydrogens is 461 g/mol. The number of halogens is 2. The van der Waals surface area contributed by atoms with Gasteiger partial charge in [-0.25, -0.2) is 0 Å². The summed E-state index contributed by atoms with van der Waals surface area (Å²) in [5.41, 5.74) is 3.37. The van der Waals surface area contributed by atoms with Crippen LogP contribution in [0.3, 0.4) is 0 Å². The summed E-state index contributed by atoms with van der Waals surface area (Å²) < 4.78 is 1.38. The van der Waals surface area contributed by atoms with Crippen LogP contribution < -0.4 is 5.32 Å². The van der Waals surface area contributed by atoms with E-state index in [-0.39, 0.29) is 18.4 Å². The first-order valence-corrected chi connectivity index (χ1v) is 11.3. The number of likely N-dealkylation sites (N-methyl/N-ethyl adjacent to an activating group) is 1. The van der Waals surface area contributed by atoms with E-state index in [9.17, 15) is 14.7 Å². The summed E-state index contributed by atoms with van der Waals surface area (Å²) in [5.74, 6) is -0.804. The van der Waals surface area contributed by atoms with Crippen LogP contribution in [0, 0.1) is 0 Å². The molecule has 1 aliphatic carbocycles. The molecule has 3 atom stereocenters. The van der Waals surface area contributed by atoms with Crippen molar-refractivity contribution >= 4 is 56.6 Å². The Balaban J connectivity index is 1.52. The Hall–Kier alpha value is -2.10. The first kappa shape index (κ1) is 22.1. The number of carbonyl (C=O) groups excluding carboxylic acids is 2. The zero-order valence-corrected chi connectivity index (χ0v) is 18.9. The minimum absolute atomic E-state index is 0.117. The number of hydrogen-bond donors (Lipinski definition) is 4. The van der Waals surface area contributed by atoms with Crippen LogP contribution in [0.2, 0.25) is 9.36 Å². The minimum Gasteiger partial charge on any atom is -0.393 e. The van der Waals surface area contributed by atoms with Crippen LogP contribution in [-0.4, -0.2) is 57.7 Å². The average Bonchev–Trinajstić information content (AvgIpc) is 3.38. The van der Waals surface area contributed by atoms with Crippen LogP contribution in [0.5, 0.6) is 0 Å². The number of nitrogens with zero attached hydrogens (tertiary/aromatic N) is 1. The lowest BCUT2D eigenvalue weighted by Crippen LogP contribution is -2.48. The van der Waals surface area contributed by atoms with Crippen LogP contribution in [0.15, 0.2) is 30.3 Å². The van der Waals surface area contributed by atoms with E-state index in [2.05, 4.69) is 10.3 Å². The van der Waals surface area contributed by atoms with Gasteiger partial charge in [0.1, 0.15) is 4.34 Å². The van der Waals surface area contributed by atoms with Gasteiger partial charge in [0.2, 0.25) is 5.91 Å². The van der Waals surface area contributed by atoms with Crippen molar-refractivity contribution in [3.63, 3.8) is 0 Å². The van der Waals surface area contributed by atoms with Crippen molar-refractivity contribution < 1.29 is 19.8 Å². The van der Waals surface area contributed by atoms with E-state index in [4.69, 9.17) is 28.3 Å². The molecule has 0 unspecified atom stereocenters. The molecule has 2 heterocycles. The number of hydrogen-bond acceptors (Lipinski definition) is 5. The molecule has 0 saturated carbocycles. The molecule has 0 spiro atoms. The summed E-state index contributed by atoms with van der Waals surface area (Å²) in [6.07, 6.45) is -0.829. The molecular formula is C21H21Cl2N3O4S. The Morgan fingerprint density at radius 1 is 1.35 bits per heavy atom. The number of aromatic nitrogens is 1. The molecule has 1 aromatic carbocycles. The van der Waals surface area contributed by atoms with Crippen molar-refractivity contribution in [3.8, 4) is 0 Å². The van der Waals surface area contributed by atoms with Gasteiger partial charge in [-0.2, -0.15) is 0 Å². The molecule has 0 bridgehead atoms. The van der Waals surface area contributed by atoms with E-state index >= 15 is 0 Å². The summed E-state index contributed by atoms with van der Waals surface area (Å²) in [4.78, 5) is 29.9. The lowest BCUT2D eigenvalue weighted by molar-refractivity contribution is -0.144. The predicted octanol–water partition coefficient (Wildman–Crippen LogP) is 2.67. The number of amides is 2. The van der Waals surface area contributed by atoms with Gasteiger partial charge in [0, 0.05) is 12.7 Å². The largest absolute Gasteiger partial charge is 0.393 e. The molecule has 164 valence electrons. The fourth-order valence-electron chi connectivity index (χ4n) is 4.13. The fraction of sp³-hybridized carbons (Fsp3) is 0.333. The molecule has 0 radical (unpaired) electrons. The van der Waals surface area contributed by atoms with Crippen LogP contribution >= 0.6 is 34.5 Å². The Morgan fingerprint density at radius 3 is 2.81 bits per heavy atom. The monoisotopic (exact) mass is 481 g/mol. The average molecular weight is 482 g/mol. The number of H-pyrrole nitrogens is 1. The quantitative estimate of drug-likeness (QED) is 0.434. The Labute approximate surface area is 192 Å². The van der Waals surface area contributed by atoms with Crippen LogP contribution in [0.25, 0.3) is 10.2 Å². The van der Waals surface area contributed by atoms with E-state index < -0.39 is 24.7 Å². The summed E-state index contributed by atoms with van der Waals surface area (Å²) in [6.45, 7) is -0.662. The first-order chi connectivity index (χ1) is 14.8. The topological polar surface area (TPSA) is 106 Å². The molecule has 3 aromatic rings. The molecule has 2 aromatic heterocycles. The van der Waals surface area contributed by atoms with Crippen LogP contribution in [0.4, 0.5) is 0 Å². The maximum Gasteiger partial charge on any atom is 0.254 e. The van der Waals surface area contributed by atoms with Crippen molar-refractivity contribution in [2.24, 2.45) is 0 Å². The third-order valence-corrected chi connectivity index (χ3v) is 7.48. The summed E-state index contributed by atoms with van der Waals surface area (Å²) in [6, 6.07) is 8.69. The summed E-state index contributed by atoms with van der Waals surface area (Å²) in [7, 11) is 1.57. The molecule has 2 amide bonds. The second-order valence-corrected chi connectivity index (χ2v) is 9.60. The van der Waals surface area contributed by atoms with E-state index in [0.29, 0.717) is 27.0 Å². The van der Waals surface area contributed by atoms with E-state index in [0.717, 1.165) is 15.8 Å². The summed E-state index contributed by atoms with van der Waals surface area (Å²) >= 11 is 13.6. The number of aliphatic hydroxyl groups is 2. The molecule has 4 N–H and O–H groups in total. The van der Waals surface area contributed by atoms with Gasteiger partial charge in [-0.15, -0.1) is 11.3 Å². The third-order valence-electron chi connectivity index (χ3n) is 5.54. The molecule has 0 aliphatic heterocycles. The van der Waals surface area contributed by atoms with Crippen molar-refractivity contribution in [1.82, 2.24) is 15.2 Å². The van der Waals surface area contributed by atoms with E-state index in [1.54, 1.807) is 7.05 Å². The predicted molar refractivity (Wildman–Crippen MR) is 121 cm³/mol. The minimum atomic E-state index is -1.50. The Kier molecular flexibility index (Phi) is 6.27. The maximum absolute atomic E-state index is 12.8. The molecule has 31 heavy (non-hydrogen) atoms. The van der Waals surface area contributed by atoms with Crippen molar-refractivity contribution in [2.75, 3.05) is 13.7 Å². The molecule has 10 heteroatoms. The van der Waals surface area contributed by atoms with Crippen molar-refractivity contribution in [1.29, 1.82) is 0 Å². The van der Waals surface area contributed by atoms with Crippen molar-refractivity contribution in [3.05, 3.63) is 56.5 Å². The van der Waals surface area contributed by atoms with Crippen LogP contribution in [-0.2, 0) is 22.4 Å². The first-order valence-electron chi connectivity index (χ1n) is 9.68. The molecule has 7 nitrogen and oxygen atoms in total. The highest BCUT2D eigenvalue weighted by Gasteiger charge is 2.39. The SMILES string of the molecule is CN(C(=O)[C@@H](O)CO)[C@@H]1c2ccccc2C[C@H]1NC(=O)Cc1cc2sc(Cl)c(Cl)c2[nH]1. The number of thiophene rings is 1. The zero-order valence-electron chi connectivity index (χ0n) is 16.6. The number of fused-ring (bicyclic) bond motifs is 2. The van der Waals surface area contributed by atoms with E-state index in [1.165, 1.54) is 16.2 Å². The highest BCUT2D eigenvalue weighted by atomic mass is 35.5. The molecule has 0 saturated heterocycles. The Morgan fingerprint density at radius 2 is 2.10 bits per heavy atom. The normalized spacial score (nSPS) is 18.7. The number of benzene rings is 1. The third kappa shape index (κ3) is 4.18. The standard InChI is InChI=1S/C21H21Cl2N3O4S/c1-26(21(30)14(28)9-27)19-12-5-3-2-4-10(12)6-13(19)25-16(29)8-11-7-15-18(24-11)17(22)20(23)31-15/h2-5,7,13-14,19,24,27-28H,6,8-9H2,1H3,(H,25,29)/t13-,14+,19-/m1/s1. The van der Waals surface area contributed by atoms with E-state index in [1.807, 2.05) is 30.3 Å².